The van der Waals surface area contributed by atoms with Gasteiger partial charge in [0.2, 0.25) is 11.1 Å². The predicted molar refractivity (Wildman–Crippen MR) is 152 cm³/mol. The molecule has 1 aliphatic rings. The molecule has 0 bridgehead atoms. The summed E-state index contributed by atoms with van der Waals surface area (Å²) in [4.78, 5) is 18.6. The number of benzene rings is 2. The maximum Gasteiger partial charge on any atom is 0.255 e. The van der Waals surface area contributed by atoms with E-state index in [1.807, 2.05) is 49.4 Å². The zero-order chi connectivity index (χ0) is 26.4. The average Bonchev–Trinajstić information content (AvgIpc) is 3.30. The topological polar surface area (TPSA) is 90.3 Å². The number of halogens is 1. The number of amides is 1. The number of hydrogen-bond acceptors (Lipinski definition) is 7. The summed E-state index contributed by atoms with van der Waals surface area (Å²) < 4.78 is 14.3. The van der Waals surface area contributed by atoms with Crippen LogP contribution in [0.15, 0.2) is 63.4 Å². The average molecular weight is 587 g/mol. The fourth-order valence-corrected chi connectivity index (χ4v) is 5.16. The van der Waals surface area contributed by atoms with Crippen LogP contribution in [0, 0.1) is 0 Å². The summed E-state index contributed by atoms with van der Waals surface area (Å²) >= 11 is 5.21. The van der Waals surface area contributed by atoms with E-state index in [1.165, 1.54) is 0 Å². The molecule has 4 rings (SSSR count). The number of fused-ring (bicyclic) bond motifs is 1. The van der Waals surface area contributed by atoms with Crippen LogP contribution in [0.2, 0.25) is 0 Å². The molecule has 8 nitrogen and oxygen atoms in total. The van der Waals surface area contributed by atoms with Crippen LogP contribution in [0.4, 0.5) is 11.6 Å². The number of rotatable bonds is 11. The summed E-state index contributed by atoms with van der Waals surface area (Å²) in [6.45, 7) is 6.72. The van der Waals surface area contributed by atoms with E-state index in [9.17, 15) is 4.79 Å². The molecule has 2 heterocycles. The molecule has 0 saturated heterocycles. The third-order valence-electron chi connectivity index (χ3n) is 5.89. The molecule has 1 atom stereocenters. The summed E-state index contributed by atoms with van der Waals surface area (Å²) in [5.74, 6) is 2.53. The number of allylic oxidation sites excluding steroid dienone is 1. The number of hydrogen-bond donors (Lipinski definition) is 2. The van der Waals surface area contributed by atoms with Crippen molar-refractivity contribution in [1.82, 2.24) is 14.8 Å². The van der Waals surface area contributed by atoms with E-state index >= 15 is 0 Å². The van der Waals surface area contributed by atoms with Gasteiger partial charge < -0.3 is 20.1 Å². The Morgan fingerprint density at radius 1 is 1.19 bits per heavy atom. The highest BCUT2D eigenvalue weighted by Gasteiger charge is 2.36. The standard InChI is InChI=1S/C27H32BrN5O3S/c1-5-7-14-36-21-13-12-18(28)16-19(21)24-23(25(34)30-20-10-8-9-11-22(20)35-4)17(3)29-26-31-27(32-33(24)26)37-15-6-2/h8-13,16,24H,5-7,14-15H2,1-4H3,(H,30,34)(H,29,31,32). The molecule has 196 valence electrons. The normalized spacial score (nSPS) is 14.7. The van der Waals surface area contributed by atoms with Crippen LogP contribution in [0.5, 0.6) is 11.5 Å². The van der Waals surface area contributed by atoms with Gasteiger partial charge in [-0.2, -0.15) is 4.98 Å². The summed E-state index contributed by atoms with van der Waals surface area (Å²) in [6.07, 6.45) is 2.97. The molecular formula is C27H32BrN5O3S. The highest BCUT2D eigenvalue weighted by molar-refractivity contribution is 9.10. The van der Waals surface area contributed by atoms with Gasteiger partial charge in [0.1, 0.15) is 17.5 Å². The molecule has 1 aromatic heterocycles. The maximum absolute atomic E-state index is 13.9. The zero-order valence-corrected chi connectivity index (χ0v) is 23.9. The van der Waals surface area contributed by atoms with Gasteiger partial charge in [-0.3, -0.25) is 4.79 Å². The third kappa shape index (κ3) is 6.13. The molecule has 1 unspecified atom stereocenters. The van der Waals surface area contributed by atoms with Crippen LogP contribution in [0.25, 0.3) is 0 Å². The summed E-state index contributed by atoms with van der Waals surface area (Å²) in [5, 5.41) is 11.8. The Morgan fingerprint density at radius 2 is 2.00 bits per heavy atom. The molecule has 0 saturated carbocycles. The Morgan fingerprint density at radius 3 is 2.76 bits per heavy atom. The molecule has 1 amide bonds. The van der Waals surface area contributed by atoms with E-state index in [0.717, 1.165) is 35.1 Å². The van der Waals surface area contributed by atoms with Crippen LogP contribution < -0.4 is 20.1 Å². The second-order valence-corrected chi connectivity index (χ2v) is 10.6. The van der Waals surface area contributed by atoms with Crippen LogP contribution in [-0.2, 0) is 4.79 Å². The van der Waals surface area contributed by atoms with Crippen molar-refractivity contribution in [3.8, 4) is 11.5 Å². The van der Waals surface area contributed by atoms with Crippen molar-refractivity contribution in [3.63, 3.8) is 0 Å². The number of para-hydroxylation sites is 2. The van der Waals surface area contributed by atoms with Crippen LogP contribution in [0.1, 0.15) is 51.6 Å². The number of nitrogens with one attached hydrogen (secondary N) is 2. The van der Waals surface area contributed by atoms with Crippen molar-refractivity contribution < 1.29 is 14.3 Å². The van der Waals surface area contributed by atoms with Crippen LogP contribution in [0.3, 0.4) is 0 Å². The minimum absolute atomic E-state index is 0.261. The third-order valence-corrected chi connectivity index (χ3v) is 7.43. The molecule has 2 aromatic carbocycles. The van der Waals surface area contributed by atoms with Crippen LogP contribution in [-0.4, -0.2) is 40.1 Å². The smallest absolute Gasteiger partial charge is 0.255 e. The van der Waals surface area contributed by atoms with Crippen molar-refractivity contribution in [2.75, 3.05) is 30.1 Å². The monoisotopic (exact) mass is 585 g/mol. The fourth-order valence-electron chi connectivity index (χ4n) is 4.10. The minimum Gasteiger partial charge on any atom is -0.495 e. The van der Waals surface area contributed by atoms with E-state index in [4.69, 9.17) is 19.6 Å². The summed E-state index contributed by atoms with van der Waals surface area (Å²) in [6, 6.07) is 12.7. The Labute approximate surface area is 230 Å². The van der Waals surface area contributed by atoms with E-state index in [2.05, 4.69) is 40.4 Å². The van der Waals surface area contributed by atoms with Gasteiger partial charge in [-0.15, -0.1) is 5.10 Å². The van der Waals surface area contributed by atoms with E-state index in [1.54, 1.807) is 23.6 Å². The van der Waals surface area contributed by atoms with E-state index in [-0.39, 0.29) is 5.91 Å². The number of methoxy groups -OCH3 is 1. The van der Waals surface area contributed by atoms with Gasteiger partial charge in [0.15, 0.2) is 0 Å². The largest absolute Gasteiger partial charge is 0.495 e. The van der Waals surface area contributed by atoms with Gasteiger partial charge in [-0.1, -0.05) is 60.1 Å². The Kier molecular flexibility index (Phi) is 9.15. The van der Waals surface area contributed by atoms with Gasteiger partial charge in [0.25, 0.3) is 5.91 Å². The molecule has 1 aliphatic heterocycles. The van der Waals surface area contributed by atoms with Crippen molar-refractivity contribution in [2.45, 2.75) is 51.2 Å². The quantitative estimate of drug-likeness (QED) is 0.192. The van der Waals surface area contributed by atoms with E-state index in [0.29, 0.717) is 46.2 Å². The second kappa shape index (κ2) is 12.5. The first-order valence-electron chi connectivity index (χ1n) is 12.4. The van der Waals surface area contributed by atoms with Crippen LogP contribution >= 0.6 is 27.7 Å². The van der Waals surface area contributed by atoms with Gasteiger partial charge in [-0.25, -0.2) is 4.68 Å². The van der Waals surface area contributed by atoms with Crippen molar-refractivity contribution in [2.24, 2.45) is 0 Å². The lowest BCUT2D eigenvalue weighted by Crippen LogP contribution is -2.32. The Hall–Kier alpha value is -2.98. The van der Waals surface area contributed by atoms with Crippen molar-refractivity contribution >= 4 is 45.2 Å². The first kappa shape index (κ1) is 27.1. The number of anilines is 2. The molecular weight excluding hydrogens is 554 g/mol. The molecule has 3 aromatic rings. The summed E-state index contributed by atoms with van der Waals surface area (Å²) in [7, 11) is 1.58. The first-order valence-corrected chi connectivity index (χ1v) is 14.2. The fraction of sp³-hybridized carbons (Fsp3) is 0.370. The second-order valence-electron chi connectivity index (χ2n) is 8.62. The first-order chi connectivity index (χ1) is 18.0. The van der Waals surface area contributed by atoms with Gasteiger partial charge in [-0.05, 0) is 50.1 Å². The lowest BCUT2D eigenvalue weighted by atomic mass is 9.94. The Balaban J connectivity index is 1.81. The molecule has 10 heteroatoms. The number of unbranched alkanes of at least 4 members (excludes halogenated alkanes) is 1. The lowest BCUT2D eigenvalue weighted by Gasteiger charge is -2.30. The van der Waals surface area contributed by atoms with Crippen molar-refractivity contribution in [1.29, 1.82) is 0 Å². The SMILES string of the molecule is CCCCOc1ccc(Br)cc1C1C(C(=O)Nc2ccccc2OC)=C(C)Nc2nc(SCCC)nn21. The number of aromatic nitrogens is 3. The number of ether oxygens (including phenoxy) is 2. The zero-order valence-electron chi connectivity index (χ0n) is 21.5. The van der Waals surface area contributed by atoms with Gasteiger partial charge in [0.05, 0.1) is 25.0 Å². The summed E-state index contributed by atoms with van der Waals surface area (Å²) in [5.41, 5.74) is 2.64. The maximum atomic E-state index is 13.9. The van der Waals surface area contributed by atoms with E-state index < -0.39 is 6.04 Å². The highest BCUT2D eigenvalue weighted by Crippen LogP contribution is 2.41. The lowest BCUT2D eigenvalue weighted by molar-refractivity contribution is -0.113. The molecule has 0 radical (unpaired) electrons. The molecule has 2 N–H and O–H groups in total. The molecule has 0 aliphatic carbocycles. The van der Waals surface area contributed by atoms with Gasteiger partial charge in [0, 0.05) is 21.5 Å². The predicted octanol–water partition coefficient (Wildman–Crippen LogP) is 6.66. The van der Waals surface area contributed by atoms with Crippen molar-refractivity contribution in [3.05, 3.63) is 63.8 Å². The molecule has 0 spiro atoms. The minimum atomic E-state index is -0.552. The highest BCUT2D eigenvalue weighted by atomic mass is 79.9. The number of carbonyl (C=O) groups excluding carboxylic acids is 1. The number of nitrogens with zero attached hydrogens (tertiary/aromatic N) is 3. The number of thioether (sulfide) groups is 1. The Bertz CT molecular complexity index is 1290. The van der Waals surface area contributed by atoms with Gasteiger partial charge >= 0.3 is 0 Å². The number of carbonyl (C=O) groups is 1. The molecule has 0 fully saturated rings. The molecule has 37 heavy (non-hydrogen) atoms.